The Hall–Kier alpha value is -2.60. The molecule has 0 aliphatic carbocycles. The number of nitrogens with one attached hydrogen (secondary N) is 1. The van der Waals surface area contributed by atoms with Crippen molar-refractivity contribution in [2.75, 3.05) is 13.2 Å². The first-order valence-corrected chi connectivity index (χ1v) is 11.4. The highest BCUT2D eigenvalue weighted by molar-refractivity contribution is 6.35. The molecule has 32 heavy (non-hydrogen) atoms. The summed E-state index contributed by atoms with van der Waals surface area (Å²) < 4.78 is 15.6. The Kier molecular flexibility index (Phi) is 7.30. The molecule has 0 bridgehead atoms. The lowest BCUT2D eigenvalue weighted by molar-refractivity contribution is 0.292. The number of aromatic nitrogens is 2. The van der Waals surface area contributed by atoms with Gasteiger partial charge < -0.3 is 18.6 Å². The molecule has 0 fully saturated rings. The van der Waals surface area contributed by atoms with E-state index in [0.717, 1.165) is 23.2 Å². The summed E-state index contributed by atoms with van der Waals surface area (Å²) in [4.78, 5) is 0. The highest BCUT2D eigenvalue weighted by atomic mass is 35.5. The monoisotopic (exact) mass is 489 g/mol. The van der Waals surface area contributed by atoms with E-state index in [9.17, 15) is 0 Å². The first-order valence-electron chi connectivity index (χ1n) is 10.2. The first kappa shape index (κ1) is 22.6. The van der Waals surface area contributed by atoms with Crippen molar-refractivity contribution in [3.05, 3.63) is 87.4 Å². The molecule has 0 radical (unpaired) electrons. The number of hydrogen-bond acceptors (Lipinski definition) is 3. The molecule has 4 rings (SSSR count). The maximum absolute atomic E-state index is 8.72. The Morgan fingerprint density at radius 2 is 1.38 bits per heavy atom. The molecule has 0 amide bonds. The van der Waals surface area contributed by atoms with Gasteiger partial charge in [0.2, 0.25) is 5.62 Å². The molecule has 0 aliphatic heterocycles. The molecule has 0 saturated carbocycles. The van der Waals surface area contributed by atoms with Crippen molar-refractivity contribution in [2.24, 2.45) is 0 Å². The quantitative estimate of drug-likeness (QED) is 0.275. The molecule has 0 atom stereocenters. The number of halogens is 3. The number of imidazole rings is 1. The number of rotatable bonds is 9. The minimum absolute atomic E-state index is 0.381. The largest absolute Gasteiger partial charge is 0.494 e. The van der Waals surface area contributed by atoms with Crippen LogP contribution in [-0.2, 0) is 13.1 Å². The molecule has 4 aromatic rings. The van der Waals surface area contributed by atoms with Crippen LogP contribution < -0.4 is 15.1 Å². The molecule has 1 N–H and O–H groups in total. The Morgan fingerprint density at radius 3 is 2.06 bits per heavy atom. The Bertz CT molecular complexity index is 1270. The van der Waals surface area contributed by atoms with Gasteiger partial charge in [0.05, 0.1) is 29.2 Å². The number of para-hydroxylation sites is 2. The normalized spacial score (nSPS) is 11.1. The van der Waals surface area contributed by atoms with Crippen molar-refractivity contribution in [1.82, 2.24) is 9.13 Å². The second-order valence-electron chi connectivity index (χ2n) is 7.19. The van der Waals surface area contributed by atoms with E-state index >= 15 is 0 Å². The molecular formula is C24H22Cl3N3O2. The molecule has 8 heteroatoms. The molecule has 1 heterocycles. The highest BCUT2D eigenvalue weighted by Gasteiger charge is 2.11. The van der Waals surface area contributed by atoms with Gasteiger partial charge in [-0.05, 0) is 61.0 Å². The molecule has 3 aromatic carbocycles. The fraction of sp³-hybridized carbons (Fsp3) is 0.208. The van der Waals surface area contributed by atoms with E-state index in [1.807, 2.05) is 45.5 Å². The third kappa shape index (κ3) is 5.23. The van der Waals surface area contributed by atoms with Crippen LogP contribution in [0, 0.1) is 5.41 Å². The van der Waals surface area contributed by atoms with E-state index in [4.69, 9.17) is 49.7 Å². The SMILES string of the molecule is N=c1n(CCCOc2ccc(Cl)cc2)c2ccccc2n1CCOc1ccc(Cl)cc1Cl. The van der Waals surface area contributed by atoms with Gasteiger partial charge in [-0.25, -0.2) is 0 Å². The van der Waals surface area contributed by atoms with Gasteiger partial charge in [0.1, 0.15) is 18.1 Å². The lowest BCUT2D eigenvalue weighted by Crippen LogP contribution is -2.27. The number of fused-ring (bicyclic) bond motifs is 1. The molecule has 0 saturated heterocycles. The van der Waals surface area contributed by atoms with Crippen LogP contribution in [0.1, 0.15) is 6.42 Å². The van der Waals surface area contributed by atoms with Crippen LogP contribution in [0.4, 0.5) is 0 Å². The summed E-state index contributed by atoms with van der Waals surface area (Å²) in [5, 5.41) is 10.4. The molecular weight excluding hydrogens is 469 g/mol. The van der Waals surface area contributed by atoms with Crippen LogP contribution in [0.2, 0.25) is 15.1 Å². The van der Waals surface area contributed by atoms with Crippen LogP contribution >= 0.6 is 34.8 Å². The highest BCUT2D eigenvalue weighted by Crippen LogP contribution is 2.27. The van der Waals surface area contributed by atoms with E-state index < -0.39 is 0 Å². The van der Waals surface area contributed by atoms with E-state index in [0.29, 0.717) is 52.7 Å². The number of benzene rings is 3. The fourth-order valence-electron chi connectivity index (χ4n) is 3.53. The molecule has 0 unspecified atom stereocenters. The van der Waals surface area contributed by atoms with Crippen molar-refractivity contribution < 1.29 is 9.47 Å². The second kappa shape index (κ2) is 10.3. The third-order valence-corrected chi connectivity index (χ3v) is 5.83. The van der Waals surface area contributed by atoms with Crippen molar-refractivity contribution in [2.45, 2.75) is 19.5 Å². The first-order chi connectivity index (χ1) is 15.5. The van der Waals surface area contributed by atoms with Gasteiger partial charge in [0.15, 0.2) is 0 Å². The number of hydrogen-bond donors (Lipinski definition) is 1. The number of ether oxygens (including phenoxy) is 2. The van der Waals surface area contributed by atoms with Crippen LogP contribution in [0.3, 0.4) is 0 Å². The standard InChI is InChI=1S/C24H22Cl3N3O2/c25-17-6-9-19(10-7-17)31-14-3-12-29-21-4-1-2-5-22(21)30(24(29)28)13-15-32-23-11-8-18(26)16-20(23)27/h1-2,4-11,16,28H,3,12-15H2. The Labute approximate surface area is 201 Å². The molecule has 5 nitrogen and oxygen atoms in total. The van der Waals surface area contributed by atoms with E-state index in [2.05, 4.69) is 0 Å². The lowest BCUT2D eigenvalue weighted by atomic mass is 10.3. The summed E-state index contributed by atoms with van der Waals surface area (Å²) in [6.45, 7) is 2.12. The molecule has 1 aromatic heterocycles. The molecule has 166 valence electrons. The summed E-state index contributed by atoms with van der Waals surface area (Å²) in [7, 11) is 0. The van der Waals surface area contributed by atoms with Gasteiger partial charge in [-0.15, -0.1) is 0 Å². The third-order valence-electron chi connectivity index (χ3n) is 5.05. The average Bonchev–Trinajstić information content (AvgIpc) is 3.05. The van der Waals surface area contributed by atoms with Gasteiger partial charge in [-0.3, -0.25) is 5.41 Å². The zero-order chi connectivity index (χ0) is 22.5. The van der Waals surface area contributed by atoms with Crippen LogP contribution in [0.15, 0.2) is 66.7 Å². The lowest BCUT2D eigenvalue weighted by Gasteiger charge is -2.10. The van der Waals surface area contributed by atoms with Crippen molar-refractivity contribution in [1.29, 1.82) is 5.41 Å². The van der Waals surface area contributed by atoms with Gasteiger partial charge in [-0.1, -0.05) is 46.9 Å². The van der Waals surface area contributed by atoms with E-state index in [-0.39, 0.29) is 0 Å². The summed E-state index contributed by atoms with van der Waals surface area (Å²) >= 11 is 18.0. The average molecular weight is 491 g/mol. The minimum atomic E-state index is 0.381. The molecule has 0 aliphatic rings. The van der Waals surface area contributed by atoms with Crippen LogP contribution in [-0.4, -0.2) is 22.3 Å². The van der Waals surface area contributed by atoms with Crippen LogP contribution in [0.5, 0.6) is 11.5 Å². The fourth-order valence-corrected chi connectivity index (χ4v) is 4.12. The number of aryl methyl sites for hydroxylation is 1. The summed E-state index contributed by atoms with van der Waals surface area (Å²) in [6, 6.07) is 20.5. The van der Waals surface area contributed by atoms with E-state index in [1.54, 1.807) is 30.3 Å². The van der Waals surface area contributed by atoms with Crippen molar-refractivity contribution in [3.8, 4) is 11.5 Å². The van der Waals surface area contributed by atoms with Crippen molar-refractivity contribution >= 4 is 45.8 Å². The zero-order valence-electron chi connectivity index (χ0n) is 17.2. The Balaban J connectivity index is 1.42. The Morgan fingerprint density at radius 1 is 0.719 bits per heavy atom. The summed E-state index contributed by atoms with van der Waals surface area (Å²) in [5.74, 6) is 1.36. The van der Waals surface area contributed by atoms with Crippen molar-refractivity contribution in [3.63, 3.8) is 0 Å². The predicted molar refractivity (Wildman–Crippen MR) is 129 cm³/mol. The molecule has 0 spiro atoms. The minimum Gasteiger partial charge on any atom is -0.494 e. The summed E-state index contributed by atoms with van der Waals surface area (Å²) in [5.41, 5.74) is 2.42. The van der Waals surface area contributed by atoms with Crippen LogP contribution in [0.25, 0.3) is 11.0 Å². The topological polar surface area (TPSA) is 52.2 Å². The predicted octanol–water partition coefficient (Wildman–Crippen LogP) is 6.43. The van der Waals surface area contributed by atoms with Gasteiger partial charge in [0, 0.05) is 16.6 Å². The second-order valence-corrected chi connectivity index (χ2v) is 8.47. The summed E-state index contributed by atoms with van der Waals surface area (Å²) in [6.07, 6.45) is 0.768. The maximum atomic E-state index is 8.72. The zero-order valence-corrected chi connectivity index (χ0v) is 19.5. The smallest absolute Gasteiger partial charge is 0.203 e. The van der Waals surface area contributed by atoms with E-state index in [1.165, 1.54) is 0 Å². The van der Waals surface area contributed by atoms with Gasteiger partial charge in [-0.2, -0.15) is 0 Å². The number of nitrogens with zero attached hydrogens (tertiary/aromatic N) is 2. The maximum Gasteiger partial charge on any atom is 0.203 e. The van der Waals surface area contributed by atoms with Gasteiger partial charge in [0.25, 0.3) is 0 Å². The van der Waals surface area contributed by atoms with Gasteiger partial charge >= 0.3 is 0 Å².